The molecule has 1 aromatic rings. The summed E-state index contributed by atoms with van der Waals surface area (Å²) in [7, 11) is 0. The van der Waals surface area contributed by atoms with Gasteiger partial charge in [0.25, 0.3) is 0 Å². The Balaban J connectivity index is 3.08. The van der Waals surface area contributed by atoms with Gasteiger partial charge < -0.3 is 0 Å². The minimum Gasteiger partial charge on any atom is -0.102 e. The first kappa shape index (κ1) is 10.5. The monoisotopic (exact) mass is 383 g/mol. The highest BCUT2D eigenvalue weighted by atomic mass is 127. The average Bonchev–Trinajstić information content (AvgIpc) is 2.01. The lowest BCUT2D eigenvalue weighted by atomic mass is 10.0. The Hall–Kier alpha value is 0.420. The Bertz CT molecular complexity index is 272. The SMILES string of the molecule is [CH2]C(C=C)c1cc(I)cc(I)c1. The fraction of sp³-hybridized carbons (Fsp3) is 0.100. The van der Waals surface area contributed by atoms with E-state index in [1.54, 1.807) is 0 Å². The van der Waals surface area contributed by atoms with Gasteiger partial charge in [-0.1, -0.05) is 6.08 Å². The van der Waals surface area contributed by atoms with Crippen LogP contribution in [-0.2, 0) is 0 Å². The first-order valence-electron chi connectivity index (χ1n) is 3.55. The molecule has 1 aromatic carbocycles. The molecular formula is C10H9I2. The summed E-state index contributed by atoms with van der Waals surface area (Å²) in [6, 6.07) is 6.42. The highest BCUT2D eigenvalue weighted by Gasteiger charge is 2.02. The molecule has 0 saturated heterocycles. The van der Waals surface area contributed by atoms with Crippen molar-refractivity contribution in [2.75, 3.05) is 0 Å². The standard InChI is InChI=1S/C10H9I2/c1-3-7(2)8-4-9(11)6-10(12)5-8/h3-7H,1-2H2. The fourth-order valence-electron chi connectivity index (χ4n) is 0.925. The van der Waals surface area contributed by atoms with Crippen molar-refractivity contribution >= 4 is 45.2 Å². The third-order valence-electron chi connectivity index (χ3n) is 1.60. The van der Waals surface area contributed by atoms with Crippen LogP contribution < -0.4 is 0 Å². The van der Waals surface area contributed by atoms with Gasteiger partial charge >= 0.3 is 0 Å². The Morgan fingerprint density at radius 2 is 1.67 bits per heavy atom. The number of hydrogen-bond acceptors (Lipinski definition) is 0. The van der Waals surface area contributed by atoms with E-state index >= 15 is 0 Å². The molecule has 0 aliphatic rings. The second-order valence-electron chi connectivity index (χ2n) is 2.54. The van der Waals surface area contributed by atoms with E-state index in [0.717, 1.165) is 0 Å². The number of halogens is 2. The lowest BCUT2D eigenvalue weighted by molar-refractivity contribution is 1.08. The summed E-state index contributed by atoms with van der Waals surface area (Å²) in [6.07, 6.45) is 1.86. The topological polar surface area (TPSA) is 0 Å². The van der Waals surface area contributed by atoms with Crippen molar-refractivity contribution in [3.05, 3.63) is 50.5 Å². The van der Waals surface area contributed by atoms with Crippen LogP contribution in [0.3, 0.4) is 0 Å². The molecule has 63 valence electrons. The third kappa shape index (κ3) is 2.73. The van der Waals surface area contributed by atoms with Crippen LogP contribution in [0.25, 0.3) is 0 Å². The summed E-state index contributed by atoms with van der Waals surface area (Å²) in [5.41, 5.74) is 1.24. The fourth-order valence-corrected chi connectivity index (χ4v) is 2.91. The van der Waals surface area contributed by atoms with Crippen molar-refractivity contribution in [3.63, 3.8) is 0 Å². The van der Waals surface area contributed by atoms with Crippen LogP contribution in [0.4, 0.5) is 0 Å². The molecule has 12 heavy (non-hydrogen) atoms. The van der Waals surface area contributed by atoms with E-state index in [9.17, 15) is 0 Å². The summed E-state index contributed by atoms with van der Waals surface area (Å²) in [5.74, 6) is 0.202. The van der Waals surface area contributed by atoms with E-state index < -0.39 is 0 Å². The molecule has 1 rings (SSSR count). The molecule has 0 aliphatic carbocycles. The van der Waals surface area contributed by atoms with Gasteiger partial charge in [-0.05, 0) is 75.9 Å². The van der Waals surface area contributed by atoms with E-state index in [0.29, 0.717) is 0 Å². The van der Waals surface area contributed by atoms with Crippen LogP contribution in [0, 0.1) is 14.1 Å². The van der Waals surface area contributed by atoms with Gasteiger partial charge in [0, 0.05) is 13.1 Å². The summed E-state index contributed by atoms with van der Waals surface area (Å²) in [5, 5.41) is 0. The summed E-state index contributed by atoms with van der Waals surface area (Å²) >= 11 is 4.63. The van der Waals surface area contributed by atoms with Crippen molar-refractivity contribution in [1.82, 2.24) is 0 Å². The van der Waals surface area contributed by atoms with Crippen molar-refractivity contribution in [2.24, 2.45) is 0 Å². The van der Waals surface area contributed by atoms with Gasteiger partial charge in [-0.25, -0.2) is 0 Å². The molecular weight excluding hydrogens is 374 g/mol. The molecule has 0 aromatic heterocycles. The van der Waals surface area contributed by atoms with Gasteiger partial charge in [0.2, 0.25) is 0 Å². The zero-order chi connectivity index (χ0) is 9.14. The van der Waals surface area contributed by atoms with Gasteiger partial charge in [-0.15, -0.1) is 6.58 Å². The maximum Gasteiger partial charge on any atom is 0.0143 e. The average molecular weight is 383 g/mol. The van der Waals surface area contributed by atoms with Gasteiger partial charge in [-0.2, -0.15) is 0 Å². The van der Waals surface area contributed by atoms with Crippen LogP contribution in [0.5, 0.6) is 0 Å². The van der Waals surface area contributed by atoms with Crippen LogP contribution in [0.2, 0.25) is 0 Å². The smallest absolute Gasteiger partial charge is 0.0143 e. The number of allylic oxidation sites excluding steroid dienone is 1. The van der Waals surface area contributed by atoms with Crippen molar-refractivity contribution in [3.8, 4) is 0 Å². The quantitative estimate of drug-likeness (QED) is 0.535. The Morgan fingerprint density at radius 3 is 2.08 bits per heavy atom. The molecule has 0 bridgehead atoms. The number of hydrogen-bond donors (Lipinski definition) is 0. The van der Waals surface area contributed by atoms with Gasteiger partial charge in [0.05, 0.1) is 0 Å². The molecule has 0 saturated carbocycles. The summed E-state index contributed by atoms with van der Waals surface area (Å²) in [6.45, 7) is 7.71. The molecule has 0 fully saturated rings. The third-order valence-corrected chi connectivity index (χ3v) is 2.84. The molecule has 0 amide bonds. The van der Waals surface area contributed by atoms with Crippen molar-refractivity contribution in [1.29, 1.82) is 0 Å². The molecule has 0 aliphatic heterocycles. The molecule has 2 heteroatoms. The van der Waals surface area contributed by atoms with Crippen molar-refractivity contribution in [2.45, 2.75) is 5.92 Å². The van der Waals surface area contributed by atoms with Crippen LogP contribution in [0.15, 0.2) is 30.9 Å². The van der Waals surface area contributed by atoms with E-state index in [1.165, 1.54) is 12.7 Å². The number of rotatable bonds is 2. The maximum absolute atomic E-state index is 3.98. The zero-order valence-electron chi connectivity index (χ0n) is 6.56. The van der Waals surface area contributed by atoms with Gasteiger partial charge in [0.15, 0.2) is 0 Å². The molecule has 1 unspecified atom stereocenters. The van der Waals surface area contributed by atoms with Crippen LogP contribution >= 0.6 is 45.2 Å². The molecule has 0 N–H and O–H groups in total. The van der Waals surface area contributed by atoms with Crippen LogP contribution in [0.1, 0.15) is 11.5 Å². The lowest BCUT2D eigenvalue weighted by Crippen LogP contribution is -1.90. The molecule has 0 nitrogen and oxygen atoms in total. The van der Waals surface area contributed by atoms with Crippen molar-refractivity contribution < 1.29 is 0 Å². The second kappa shape index (κ2) is 4.60. The number of benzene rings is 1. The predicted molar refractivity (Wildman–Crippen MR) is 70.2 cm³/mol. The first-order valence-corrected chi connectivity index (χ1v) is 5.71. The molecule has 0 spiro atoms. The minimum atomic E-state index is 0.202. The Labute approximate surface area is 101 Å². The highest BCUT2D eigenvalue weighted by molar-refractivity contribution is 14.1. The Morgan fingerprint density at radius 1 is 1.17 bits per heavy atom. The van der Waals surface area contributed by atoms with E-state index in [2.05, 4.69) is 76.9 Å². The minimum absolute atomic E-state index is 0.202. The largest absolute Gasteiger partial charge is 0.102 e. The summed E-state index contributed by atoms with van der Waals surface area (Å²) < 4.78 is 2.51. The van der Waals surface area contributed by atoms with E-state index in [4.69, 9.17) is 0 Å². The van der Waals surface area contributed by atoms with Gasteiger partial charge in [-0.3, -0.25) is 0 Å². The van der Waals surface area contributed by atoms with Crippen LogP contribution in [-0.4, -0.2) is 0 Å². The maximum atomic E-state index is 3.98. The normalized spacial score (nSPS) is 12.6. The Kier molecular flexibility index (Phi) is 4.02. The van der Waals surface area contributed by atoms with E-state index in [-0.39, 0.29) is 5.92 Å². The van der Waals surface area contributed by atoms with Gasteiger partial charge in [0.1, 0.15) is 0 Å². The molecule has 0 heterocycles. The molecule has 1 atom stereocenters. The zero-order valence-corrected chi connectivity index (χ0v) is 10.9. The second-order valence-corrected chi connectivity index (χ2v) is 5.04. The summed E-state index contributed by atoms with van der Waals surface area (Å²) in [4.78, 5) is 0. The lowest BCUT2D eigenvalue weighted by Gasteiger charge is -2.07. The molecule has 1 radical (unpaired) electrons. The van der Waals surface area contributed by atoms with E-state index in [1.807, 2.05) is 6.08 Å². The first-order chi connectivity index (χ1) is 5.63. The predicted octanol–water partition coefficient (Wildman–Crippen LogP) is 4.00. The highest BCUT2D eigenvalue weighted by Crippen LogP contribution is 2.21.